The predicted molar refractivity (Wildman–Crippen MR) is 72.2 cm³/mol. The number of nitrogens with one attached hydrogen (secondary N) is 1. The Morgan fingerprint density at radius 3 is 2.83 bits per heavy atom. The first-order chi connectivity index (χ1) is 8.83. The summed E-state index contributed by atoms with van der Waals surface area (Å²) in [4.78, 5) is 0. The quantitative estimate of drug-likeness (QED) is 0.661. The molecule has 0 heterocycles. The minimum absolute atomic E-state index is 0.137. The summed E-state index contributed by atoms with van der Waals surface area (Å²) in [6.45, 7) is 4.51. The molecule has 18 heavy (non-hydrogen) atoms. The molecule has 0 spiro atoms. The molecule has 1 rings (SSSR count). The zero-order valence-corrected chi connectivity index (χ0v) is 11.2. The van der Waals surface area contributed by atoms with Gasteiger partial charge in [-0.1, -0.05) is 19.1 Å². The predicted octanol–water partition coefficient (Wildman–Crippen LogP) is 1.96. The smallest absolute Gasteiger partial charge is 0.165 e. The molecular formula is C14H23NO3. The Labute approximate surface area is 109 Å². The average molecular weight is 253 g/mol. The van der Waals surface area contributed by atoms with Crippen LogP contribution in [0, 0.1) is 0 Å². The minimum atomic E-state index is 0.137. The largest absolute Gasteiger partial charge is 0.493 e. The van der Waals surface area contributed by atoms with Gasteiger partial charge in [0.25, 0.3) is 0 Å². The highest BCUT2D eigenvalue weighted by Crippen LogP contribution is 2.31. The molecule has 0 aliphatic heterocycles. The molecule has 0 saturated carbocycles. The van der Waals surface area contributed by atoms with E-state index < -0.39 is 0 Å². The van der Waals surface area contributed by atoms with Crippen molar-refractivity contribution < 1.29 is 14.6 Å². The Bertz CT molecular complexity index is 342. The van der Waals surface area contributed by atoms with Gasteiger partial charge in [-0.2, -0.15) is 0 Å². The van der Waals surface area contributed by atoms with Crippen molar-refractivity contribution in [3.8, 4) is 11.5 Å². The van der Waals surface area contributed by atoms with Crippen molar-refractivity contribution in [2.75, 3.05) is 26.9 Å². The van der Waals surface area contributed by atoms with Crippen LogP contribution in [-0.2, 0) is 6.54 Å². The molecule has 4 heteroatoms. The maximum absolute atomic E-state index is 8.79. The van der Waals surface area contributed by atoms with Crippen LogP contribution < -0.4 is 14.8 Å². The van der Waals surface area contributed by atoms with Gasteiger partial charge in [-0.25, -0.2) is 0 Å². The minimum Gasteiger partial charge on any atom is -0.493 e. The van der Waals surface area contributed by atoms with E-state index in [2.05, 4.69) is 12.2 Å². The lowest BCUT2D eigenvalue weighted by Gasteiger charge is -2.15. The first-order valence-corrected chi connectivity index (χ1v) is 6.43. The van der Waals surface area contributed by atoms with E-state index in [1.54, 1.807) is 7.11 Å². The van der Waals surface area contributed by atoms with Crippen molar-refractivity contribution in [2.24, 2.45) is 0 Å². The third-order valence-electron chi connectivity index (χ3n) is 2.57. The molecule has 1 aromatic carbocycles. The summed E-state index contributed by atoms with van der Waals surface area (Å²) in [5, 5.41) is 12.1. The van der Waals surface area contributed by atoms with E-state index in [0.29, 0.717) is 13.0 Å². The normalized spacial score (nSPS) is 10.4. The lowest BCUT2D eigenvalue weighted by atomic mass is 10.2. The Hall–Kier alpha value is -1.26. The number of para-hydroxylation sites is 1. The van der Waals surface area contributed by atoms with Crippen LogP contribution in [0.4, 0.5) is 0 Å². The van der Waals surface area contributed by atoms with E-state index in [9.17, 15) is 0 Å². The van der Waals surface area contributed by atoms with E-state index in [-0.39, 0.29) is 6.61 Å². The van der Waals surface area contributed by atoms with E-state index >= 15 is 0 Å². The molecule has 4 nitrogen and oxygen atoms in total. The SMILES string of the molecule is CCCNCc1cccc(OC)c1OCCCO. The van der Waals surface area contributed by atoms with E-state index in [1.165, 1.54) is 0 Å². The molecule has 2 N–H and O–H groups in total. The molecule has 0 aliphatic rings. The number of benzene rings is 1. The van der Waals surface area contributed by atoms with Gasteiger partial charge in [-0.3, -0.25) is 0 Å². The lowest BCUT2D eigenvalue weighted by molar-refractivity contribution is 0.226. The van der Waals surface area contributed by atoms with Crippen LogP contribution in [0.25, 0.3) is 0 Å². The highest BCUT2D eigenvalue weighted by molar-refractivity contribution is 5.46. The van der Waals surface area contributed by atoms with E-state index in [4.69, 9.17) is 14.6 Å². The van der Waals surface area contributed by atoms with Gasteiger partial charge in [0.15, 0.2) is 11.5 Å². The first-order valence-electron chi connectivity index (χ1n) is 6.43. The van der Waals surface area contributed by atoms with Gasteiger partial charge >= 0.3 is 0 Å². The van der Waals surface area contributed by atoms with Crippen molar-refractivity contribution in [1.82, 2.24) is 5.32 Å². The molecular weight excluding hydrogens is 230 g/mol. The van der Waals surface area contributed by atoms with Crippen molar-refractivity contribution in [3.05, 3.63) is 23.8 Å². The topological polar surface area (TPSA) is 50.7 Å². The fourth-order valence-electron chi connectivity index (χ4n) is 1.66. The third-order valence-corrected chi connectivity index (χ3v) is 2.57. The first kappa shape index (κ1) is 14.8. The van der Waals surface area contributed by atoms with Gasteiger partial charge in [-0.15, -0.1) is 0 Å². The maximum Gasteiger partial charge on any atom is 0.165 e. The highest BCUT2D eigenvalue weighted by Gasteiger charge is 2.09. The van der Waals surface area contributed by atoms with Gasteiger partial charge in [-0.05, 0) is 19.0 Å². The van der Waals surface area contributed by atoms with Gasteiger partial charge < -0.3 is 19.9 Å². The van der Waals surface area contributed by atoms with Crippen molar-refractivity contribution in [2.45, 2.75) is 26.3 Å². The molecule has 0 atom stereocenters. The second-order valence-electron chi connectivity index (χ2n) is 4.05. The zero-order chi connectivity index (χ0) is 13.2. The summed E-state index contributed by atoms with van der Waals surface area (Å²) in [5.74, 6) is 1.51. The van der Waals surface area contributed by atoms with Crippen LogP contribution in [0.3, 0.4) is 0 Å². The lowest BCUT2D eigenvalue weighted by Crippen LogP contribution is -2.15. The second-order valence-corrected chi connectivity index (χ2v) is 4.05. The molecule has 1 aromatic rings. The standard InChI is InChI=1S/C14H23NO3/c1-3-8-15-11-12-6-4-7-13(17-2)14(12)18-10-5-9-16/h4,6-7,15-16H,3,5,8-11H2,1-2H3. The fourth-order valence-corrected chi connectivity index (χ4v) is 1.66. The Morgan fingerprint density at radius 1 is 1.33 bits per heavy atom. The molecule has 0 unspecified atom stereocenters. The van der Waals surface area contributed by atoms with Gasteiger partial charge in [0.2, 0.25) is 0 Å². The third kappa shape index (κ3) is 4.55. The fraction of sp³-hybridized carbons (Fsp3) is 0.571. The van der Waals surface area contributed by atoms with Crippen molar-refractivity contribution >= 4 is 0 Å². The monoisotopic (exact) mass is 253 g/mol. The van der Waals surface area contributed by atoms with Crippen molar-refractivity contribution in [3.63, 3.8) is 0 Å². The molecule has 0 aromatic heterocycles. The van der Waals surface area contributed by atoms with Gasteiger partial charge in [0.05, 0.1) is 13.7 Å². The molecule has 0 amide bonds. The summed E-state index contributed by atoms with van der Waals surface area (Å²) in [5.41, 5.74) is 1.08. The van der Waals surface area contributed by atoms with Crippen LogP contribution in [0.5, 0.6) is 11.5 Å². The van der Waals surface area contributed by atoms with Crippen molar-refractivity contribution in [1.29, 1.82) is 0 Å². The van der Waals surface area contributed by atoms with Crippen LogP contribution in [-0.4, -0.2) is 32.0 Å². The summed E-state index contributed by atoms with van der Waals surface area (Å²) in [6, 6.07) is 5.87. The number of ether oxygens (including phenoxy) is 2. The van der Waals surface area contributed by atoms with Crippen LogP contribution >= 0.6 is 0 Å². The van der Waals surface area contributed by atoms with Gasteiger partial charge in [0.1, 0.15) is 0 Å². The number of hydrogen-bond donors (Lipinski definition) is 2. The highest BCUT2D eigenvalue weighted by atomic mass is 16.5. The Kier molecular flexibility index (Phi) is 7.22. The van der Waals surface area contributed by atoms with E-state index in [1.807, 2.05) is 18.2 Å². The zero-order valence-electron chi connectivity index (χ0n) is 11.2. The number of methoxy groups -OCH3 is 1. The van der Waals surface area contributed by atoms with Crippen LogP contribution in [0.2, 0.25) is 0 Å². The summed E-state index contributed by atoms with van der Waals surface area (Å²) < 4.78 is 11.0. The summed E-state index contributed by atoms with van der Waals surface area (Å²) >= 11 is 0. The molecule has 0 bridgehead atoms. The molecule has 0 aliphatic carbocycles. The molecule has 102 valence electrons. The average Bonchev–Trinajstić information content (AvgIpc) is 2.40. The Balaban J connectivity index is 2.72. The number of hydrogen-bond acceptors (Lipinski definition) is 4. The maximum atomic E-state index is 8.79. The second kappa shape index (κ2) is 8.78. The number of aliphatic hydroxyl groups excluding tert-OH is 1. The van der Waals surface area contributed by atoms with Gasteiger partial charge in [0, 0.05) is 25.1 Å². The number of rotatable bonds is 9. The van der Waals surface area contributed by atoms with Crippen LogP contribution in [0.15, 0.2) is 18.2 Å². The van der Waals surface area contributed by atoms with Crippen LogP contribution in [0.1, 0.15) is 25.3 Å². The van der Waals surface area contributed by atoms with E-state index in [0.717, 1.165) is 36.6 Å². The Morgan fingerprint density at radius 2 is 2.17 bits per heavy atom. The number of aliphatic hydroxyl groups is 1. The molecule has 0 saturated heterocycles. The molecule has 0 fully saturated rings. The summed E-state index contributed by atoms with van der Waals surface area (Å²) in [6.07, 6.45) is 1.73. The summed E-state index contributed by atoms with van der Waals surface area (Å²) in [7, 11) is 1.64. The molecule has 0 radical (unpaired) electrons.